The van der Waals surface area contributed by atoms with Gasteiger partial charge in [0.2, 0.25) is 5.91 Å². The van der Waals surface area contributed by atoms with Crippen LogP contribution in [0.15, 0.2) is 0 Å². The minimum atomic E-state index is 0.194. The Hall–Kier alpha value is -0.570. The first-order valence-electron chi connectivity index (χ1n) is 4.12. The van der Waals surface area contributed by atoms with E-state index in [1.165, 1.54) is 4.90 Å². The fraction of sp³-hybridized carbons (Fsp3) is 0.750. The lowest BCUT2D eigenvalue weighted by atomic mass is 10.4. The highest BCUT2D eigenvalue weighted by molar-refractivity contribution is 5.73. The molecule has 1 atom stereocenters. The van der Waals surface area contributed by atoms with Crippen LogP contribution in [-0.4, -0.2) is 37.0 Å². The second-order valence-electron chi connectivity index (χ2n) is 3.11. The van der Waals surface area contributed by atoms with Crippen molar-refractivity contribution in [3.63, 3.8) is 0 Å². The SMILES string of the molecule is [CH2-][NH+]1CCCN(C(C)=O)CC1. The Kier molecular flexibility index (Phi) is 2.88. The van der Waals surface area contributed by atoms with Crippen molar-refractivity contribution in [2.45, 2.75) is 13.3 Å². The maximum absolute atomic E-state index is 11.0. The first kappa shape index (κ1) is 8.53. The average molecular weight is 156 g/mol. The van der Waals surface area contributed by atoms with Gasteiger partial charge >= 0.3 is 0 Å². The second-order valence-corrected chi connectivity index (χ2v) is 3.11. The summed E-state index contributed by atoms with van der Waals surface area (Å²) in [4.78, 5) is 14.1. The number of hydrogen-bond donors (Lipinski definition) is 1. The third-order valence-electron chi connectivity index (χ3n) is 2.14. The molecule has 1 amide bonds. The largest absolute Gasteiger partial charge is 0.466 e. The van der Waals surface area contributed by atoms with Crippen molar-refractivity contribution in [3.05, 3.63) is 7.05 Å². The quantitative estimate of drug-likeness (QED) is 0.443. The molecule has 11 heavy (non-hydrogen) atoms. The molecule has 0 aromatic heterocycles. The van der Waals surface area contributed by atoms with Crippen LogP contribution in [0.4, 0.5) is 0 Å². The van der Waals surface area contributed by atoms with E-state index in [9.17, 15) is 4.79 Å². The van der Waals surface area contributed by atoms with E-state index in [0.29, 0.717) is 0 Å². The van der Waals surface area contributed by atoms with Crippen LogP contribution in [0, 0.1) is 7.05 Å². The average Bonchev–Trinajstić information content (AvgIpc) is 2.13. The number of hydrogen-bond acceptors (Lipinski definition) is 1. The second kappa shape index (κ2) is 3.72. The molecule has 64 valence electrons. The normalized spacial score (nSPS) is 26.4. The van der Waals surface area contributed by atoms with Gasteiger partial charge in [0.25, 0.3) is 0 Å². The van der Waals surface area contributed by atoms with Gasteiger partial charge in [0, 0.05) is 19.9 Å². The van der Waals surface area contributed by atoms with Gasteiger partial charge in [0.15, 0.2) is 0 Å². The minimum Gasteiger partial charge on any atom is -0.466 e. The van der Waals surface area contributed by atoms with Gasteiger partial charge in [0.1, 0.15) is 0 Å². The summed E-state index contributed by atoms with van der Waals surface area (Å²) < 4.78 is 0. The molecule has 0 radical (unpaired) electrons. The molecule has 1 saturated heterocycles. The smallest absolute Gasteiger partial charge is 0.219 e. The summed E-state index contributed by atoms with van der Waals surface area (Å²) in [6, 6.07) is 0. The van der Waals surface area contributed by atoms with E-state index in [0.717, 1.165) is 32.6 Å². The van der Waals surface area contributed by atoms with E-state index in [1.54, 1.807) is 6.92 Å². The lowest BCUT2D eigenvalue weighted by Gasteiger charge is -2.19. The zero-order chi connectivity index (χ0) is 8.27. The van der Waals surface area contributed by atoms with Crippen molar-refractivity contribution >= 4 is 5.91 Å². The van der Waals surface area contributed by atoms with Crippen LogP contribution in [0.25, 0.3) is 0 Å². The Bertz CT molecular complexity index is 147. The molecule has 1 fully saturated rings. The maximum atomic E-state index is 11.0. The molecule has 0 aromatic carbocycles. The topological polar surface area (TPSA) is 24.8 Å². The van der Waals surface area contributed by atoms with Crippen LogP contribution in [0.3, 0.4) is 0 Å². The third-order valence-corrected chi connectivity index (χ3v) is 2.14. The van der Waals surface area contributed by atoms with E-state index in [2.05, 4.69) is 7.05 Å². The van der Waals surface area contributed by atoms with Gasteiger partial charge in [-0.2, -0.15) is 7.05 Å². The summed E-state index contributed by atoms with van der Waals surface area (Å²) in [7, 11) is 3.93. The highest BCUT2D eigenvalue weighted by Gasteiger charge is 2.13. The standard InChI is InChI=1S/C8H16N2O/c1-8(11)10-5-3-4-9(2)6-7-10/h9H,2-7H2,1H3. The Balaban J connectivity index is 2.40. The Morgan fingerprint density at radius 2 is 2.18 bits per heavy atom. The van der Waals surface area contributed by atoms with Gasteiger partial charge in [0.05, 0.1) is 19.6 Å². The molecule has 0 aliphatic carbocycles. The predicted molar refractivity (Wildman–Crippen MR) is 42.9 cm³/mol. The third kappa shape index (κ3) is 2.50. The monoisotopic (exact) mass is 156 g/mol. The first-order chi connectivity index (χ1) is 5.20. The number of rotatable bonds is 0. The molecule has 1 rings (SSSR count). The van der Waals surface area contributed by atoms with Crippen LogP contribution >= 0.6 is 0 Å². The molecular formula is C8H16N2O. The number of amides is 1. The summed E-state index contributed by atoms with van der Waals surface area (Å²) in [5.41, 5.74) is 0. The van der Waals surface area contributed by atoms with Crippen molar-refractivity contribution in [2.24, 2.45) is 0 Å². The lowest BCUT2D eigenvalue weighted by Crippen LogP contribution is -3.07. The predicted octanol–water partition coefficient (Wildman–Crippen LogP) is -1.08. The van der Waals surface area contributed by atoms with E-state index < -0.39 is 0 Å². The van der Waals surface area contributed by atoms with Crippen LogP contribution in [0.2, 0.25) is 0 Å². The molecule has 0 aromatic rings. The van der Waals surface area contributed by atoms with Crippen molar-refractivity contribution in [1.29, 1.82) is 0 Å². The summed E-state index contributed by atoms with van der Waals surface area (Å²) in [5.74, 6) is 0.194. The van der Waals surface area contributed by atoms with Gasteiger partial charge < -0.3 is 9.80 Å². The number of quaternary nitrogens is 1. The van der Waals surface area contributed by atoms with Crippen molar-refractivity contribution in [2.75, 3.05) is 26.2 Å². The highest BCUT2D eigenvalue weighted by atomic mass is 16.2. The molecule has 0 saturated carbocycles. The summed E-state index contributed by atoms with van der Waals surface area (Å²) >= 11 is 0. The van der Waals surface area contributed by atoms with Gasteiger partial charge in [-0.3, -0.25) is 4.79 Å². The maximum Gasteiger partial charge on any atom is 0.219 e. The Labute approximate surface area is 68.0 Å². The molecule has 1 N–H and O–H groups in total. The van der Waals surface area contributed by atoms with Crippen LogP contribution in [-0.2, 0) is 4.79 Å². The molecule has 1 aliphatic heterocycles. The molecule has 1 aliphatic rings. The van der Waals surface area contributed by atoms with Crippen molar-refractivity contribution in [3.8, 4) is 0 Å². The van der Waals surface area contributed by atoms with Crippen molar-refractivity contribution in [1.82, 2.24) is 4.90 Å². The van der Waals surface area contributed by atoms with Crippen LogP contribution < -0.4 is 4.90 Å². The van der Waals surface area contributed by atoms with E-state index in [1.807, 2.05) is 4.90 Å². The molecule has 1 heterocycles. The molecule has 1 unspecified atom stereocenters. The molecule has 3 heteroatoms. The number of nitrogens with one attached hydrogen (secondary N) is 1. The lowest BCUT2D eigenvalue weighted by molar-refractivity contribution is -0.851. The minimum absolute atomic E-state index is 0.194. The zero-order valence-corrected chi connectivity index (χ0v) is 7.10. The summed E-state index contributed by atoms with van der Waals surface area (Å²) in [6.45, 7) is 5.49. The Morgan fingerprint density at radius 3 is 2.82 bits per heavy atom. The van der Waals surface area contributed by atoms with E-state index in [-0.39, 0.29) is 5.91 Å². The van der Waals surface area contributed by atoms with E-state index >= 15 is 0 Å². The molecule has 3 nitrogen and oxygen atoms in total. The highest BCUT2D eigenvalue weighted by Crippen LogP contribution is 1.92. The molecule has 0 bridgehead atoms. The fourth-order valence-corrected chi connectivity index (χ4v) is 1.36. The van der Waals surface area contributed by atoms with Gasteiger partial charge in [-0.05, 0) is 0 Å². The number of carbonyl (C=O) groups excluding carboxylic acids is 1. The summed E-state index contributed by atoms with van der Waals surface area (Å²) in [5, 5.41) is 0. The first-order valence-corrected chi connectivity index (χ1v) is 4.12. The molecular weight excluding hydrogens is 140 g/mol. The van der Waals surface area contributed by atoms with Gasteiger partial charge in [-0.15, -0.1) is 0 Å². The summed E-state index contributed by atoms with van der Waals surface area (Å²) in [6.07, 6.45) is 1.08. The van der Waals surface area contributed by atoms with Crippen molar-refractivity contribution < 1.29 is 9.69 Å². The number of nitrogens with zero attached hydrogens (tertiary/aromatic N) is 1. The van der Waals surface area contributed by atoms with Gasteiger partial charge in [-0.25, -0.2) is 0 Å². The number of carbonyl (C=O) groups is 1. The van der Waals surface area contributed by atoms with Gasteiger partial charge in [-0.1, -0.05) is 0 Å². The molecule has 0 spiro atoms. The fourth-order valence-electron chi connectivity index (χ4n) is 1.36. The zero-order valence-electron chi connectivity index (χ0n) is 7.10. The van der Waals surface area contributed by atoms with Crippen LogP contribution in [0.5, 0.6) is 0 Å². The van der Waals surface area contributed by atoms with E-state index in [4.69, 9.17) is 0 Å². The Morgan fingerprint density at radius 1 is 1.45 bits per heavy atom. The van der Waals surface area contributed by atoms with Crippen LogP contribution in [0.1, 0.15) is 13.3 Å².